The summed E-state index contributed by atoms with van der Waals surface area (Å²) in [6.45, 7) is 3.32. The number of esters is 1. The number of carbonyl (C=O) groups is 3. The number of rotatable bonds is 8. The molecule has 1 atom stereocenters. The first-order chi connectivity index (χ1) is 18.3. The van der Waals surface area contributed by atoms with Gasteiger partial charge in [-0.3, -0.25) is 9.59 Å². The van der Waals surface area contributed by atoms with Crippen molar-refractivity contribution in [2.75, 3.05) is 13.7 Å². The molecule has 0 aliphatic heterocycles. The second kappa shape index (κ2) is 12.6. The summed E-state index contributed by atoms with van der Waals surface area (Å²) in [5.74, 6) is 0.116. The zero-order valence-corrected chi connectivity index (χ0v) is 23.0. The molecule has 1 unspecified atom stereocenters. The summed E-state index contributed by atoms with van der Waals surface area (Å²) in [4.78, 5) is 40.4. The van der Waals surface area contributed by atoms with Crippen LogP contribution in [0, 0.1) is 5.41 Å². The minimum atomic E-state index is -0.861. The highest BCUT2D eigenvalue weighted by molar-refractivity contribution is 5.91. The third-order valence-electron chi connectivity index (χ3n) is 8.42. The zero-order chi connectivity index (χ0) is 27.1. The minimum absolute atomic E-state index is 0.0500. The molecule has 0 saturated heterocycles. The lowest BCUT2D eigenvalue weighted by molar-refractivity contribution is -0.173. The van der Waals surface area contributed by atoms with E-state index < -0.39 is 17.6 Å². The van der Waals surface area contributed by atoms with Crippen LogP contribution in [-0.4, -0.2) is 48.7 Å². The molecule has 2 aliphatic rings. The standard InChI is InChI=1S/C31H41NO6/c1-22(31(18-8-5-9-19-31)29(34)38-26-13-6-4-7-14-26)37-30(35)32(23(2)33)20-17-25-12-10-11-24-15-16-27(36-3)21-28(24)25/h10-12,15-16,21-22,26H,4-9,13-14,17-20H2,1-3H3. The van der Waals surface area contributed by atoms with Gasteiger partial charge in [0, 0.05) is 13.5 Å². The maximum Gasteiger partial charge on any atom is 0.416 e. The number of methoxy groups -OCH3 is 1. The molecule has 7 heteroatoms. The van der Waals surface area contributed by atoms with Crippen LogP contribution in [0.15, 0.2) is 36.4 Å². The topological polar surface area (TPSA) is 82.1 Å². The Bertz CT molecular complexity index is 1130. The van der Waals surface area contributed by atoms with Crippen LogP contribution in [0.2, 0.25) is 0 Å². The summed E-state index contributed by atoms with van der Waals surface area (Å²) >= 11 is 0. The van der Waals surface area contributed by atoms with Crippen molar-refractivity contribution in [1.82, 2.24) is 4.90 Å². The lowest BCUT2D eigenvalue weighted by Crippen LogP contribution is -2.49. The van der Waals surface area contributed by atoms with Gasteiger partial charge in [0.25, 0.3) is 0 Å². The molecule has 2 aromatic rings. The SMILES string of the molecule is COc1ccc2cccc(CCN(C(C)=O)C(=O)OC(C)C3(C(=O)OC4CCCCC4)CCCCC3)c2c1. The Balaban J connectivity index is 1.46. The van der Waals surface area contributed by atoms with E-state index in [1.165, 1.54) is 13.3 Å². The number of nitrogens with zero attached hydrogens (tertiary/aromatic N) is 1. The van der Waals surface area contributed by atoms with E-state index in [0.29, 0.717) is 19.3 Å². The van der Waals surface area contributed by atoms with Crippen LogP contribution in [0.5, 0.6) is 5.75 Å². The number of hydrogen-bond acceptors (Lipinski definition) is 6. The molecule has 0 heterocycles. The number of imide groups is 1. The maximum atomic E-state index is 13.5. The van der Waals surface area contributed by atoms with Crippen LogP contribution >= 0.6 is 0 Å². The second-order valence-electron chi connectivity index (χ2n) is 10.8. The molecule has 7 nitrogen and oxygen atoms in total. The van der Waals surface area contributed by atoms with Crippen LogP contribution in [0.3, 0.4) is 0 Å². The molecule has 206 valence electrons. The van der Waals surface area contributed by atoms with Gasteiger partial charge in [0.1, 0.15) is 23.4 Å². The number of hydrogen-bond donors (Lipinski definition) is 0. The van der Waals surface area contributed by atoms with E-state index in [4.69, 9.17) is 14.2 Å². The summed E-state index contributed by atoms with van der Waals surface area (Å²) in [5.41, 5.74) is 0.147. The number of ether oxygens (including phenoxy) is 3. The molecule has 0 radical (unpaired) electrons. The van der Waals surface area contributed by atoms with Crippen molar-refractivity contribution in [3.63, 3.8) is 0 Å². The van der Waals surface area contributed by atoms with Crippen molar-refractivity contribution >= 4 is 28.7 Å². The molecule has 0 N–H and O–H groups in total. The normalized spacial score (nSPS) is 18.4. The Hall–Kier alpha value is -3.09. The monoisotopic (exact) mass is 523 g/mol. The fraction of sp³-hybridized carbons (Fsp3) is 0.581. The quantitative estimate of drug-likeness (QED) is 0.363. The van der Waals surface area contributed by atoms with Gasteiger partial charge in [-0.05, 0) is 80.3 Å². The lowest BCUT2D eigenvalue weighted by atomic mass is 9.70. The van der Waals surface area contributed by atoms with Gasteiger partial charge in [0.2, 0.25) is 5.91 Å². The fourth-order valence-corrected chi connectivity index (χ4v) is 6.01. The molecular formula is C31H41NO6. The van der Waals surface area contributed by atoms with E-state index in [2.05, 4.69) is 0 Å². The molecule has 0 bridgehead atoms. The highest BCUT2D eigenvalue weighted by atomic mass is 16.6. The third-order valence-corrected chi connectivity index (χ3v) is 8.42. The van der Waals surface area contributed by atoms with Gasteiger partial charge >= 0.3 is 12.1 Å². The number of carbonyl (C=O) groups excluding carboxylic acids is 3. The van der Waals surface area contributed by atoms with Crippen LogP contribution in [0.4, 0.5) is 4.79 Å². The van der Waals surface area contributed by atoms with E-state index in [1.54, 1.807) is 14.0 Å². The Morgan fingerprint density at radius 3 is 2.39 bits per heavy atom. The third kappa shape index (κ3) is 6.30. The fourth-order valence-electron chi connectivity index (χ4n) is 6.01. The molecular weight excluding hydrogens is 482 g/mol. The maximum absolute atomic E-state index is 13.5. The van der Waals surface area contributed by atoms with Gasteiger partial charge in [0.05, 0.1) is 7.11 Å². The average Bonchev–Trinajstić information content (AvgIpc) is 2.93. The van der Waals surface area contributed by atoms with Crippen LogP contribution < -0.4 is 4.74 Å². The van der Waals surface area contributed by atoms with Gasteiger partial charge in [-0.2, -0.15) is 0 Å². The number of benzene rings is 2. The van der Waals surface area contributed by atoms with Gasteiger partial charge in [-0.1, -0.05) is 49.9 Å². The van der Waals surface area contributed by atoms with Crippen molar-refractivity contribution in [1.29, 1.82) is 0 Å². The summed E-state index contributed by atoms with van der Waals surface area (Å²) < 4.78 is 17.3. The molecule has 2 saturated carbocycles. The van der Waals surface area contributed by atoms with Crippen LogP contribution in [0.25, 0.3) is 10.8 Å². The van der Waals surface area contributed by atoms with Crippen molar-refractivity contribution < 1.29 is 28.6 Å². The largest absolute Gasteiger partial charge is 0.497 e. The van der Waals surface area contributed by atoms with Crippen molar-refractivity contribution in [2.45, 2.75) is 96.7 Å². The van der Waals surface area contributed by atoms with Crippen molar-refractivity contribution in [2.24, 2.45) is 5.41 Å². The van der Waals surface area contributed by atoms with E-state index in [0.717, 1.165) is 71.9 Å². The Morgan fingerprint density at radius 1 is 1.00 bits per heavy atom. The molecule has 0 spiro atoms. The highest BCUT2D eigenvalue weighted by Gasteiger charge is 2.49. The van der Waals surface area contributed by atoms with Gasteiger partial charge in [0.15, 0.2) is 0 Å². The van der Waals surface area contributed by atoms with E-state index in [1.807, 2.05) is 36.4 Å². The highest BCUT2D eigenvalue weighted by Crippen LogP contribution is 2.43. The second-order valence-corrected chi connectivity index (χ2v) is 10.8. The average molecular weight is 524 g/mol. The molecule has 2 fully saturated rings. The summed E-state index contributed by atoms with van der Waals surface area (Å²) in [5, 5.41) is 2.08. The van der Waals surface area contributed by atoms with Crippen molar-refractivity contribution in [3.05, 3.63) is 42.0 Å². The first kappa shape index (κ1) is 27.9. The molecule has 4 rings (SSSR count). The number of fused-ring (bicyclic) bond motifs is 1. The van der Waals surface area contributed by atoms with E-state index in [-0.39, 0.29) is 24.5 Å². The summed E-state index contributed by atoms with van der Waals surface area (Å²) in [6, 6.07) is 11.8. The van der Waals surface area contributed by atoms with Gasteiger partial charge in [-0.25, -0.2) is 9.69 Å². The molecule has 2 aromatic carbocycles. The molecule has 0 aromatic heterocycles. The Labute approximate surface area is 225 Å². The Morgan fingerprint density at radius 2 is 1.71 bits per heavy atom. The minimum Gasteiger partial charge on any atom is -0.497 e. The summed E-state index contributed by atoms with van der Waals surface area (Å²) in [6.07, 6.45) is 8.25. The molecule has 2 amide bonds. The van der Waals surface area contributed by atoms with Crippen molar-refractivity contribution in [3.8, 4) is 5.75 Å². The smallest absolute Gasteiger partial charge is 0.416 e. The van der Waals surface area contributed by atoms with E-state index in [9.17, 15) is 14.4 Å². The first-order valence-electron chi connectivity index (χ1n) is 14.1. The zero-order valence-electron chi connectivity index (χ0n) is 23.0. The van der Waals surface area contributed by atoms with Gasteiger partial charge in [-0.15, -0.1) is 0 Å². The molecule has 38 heavy (non-hydrogen) atoms. The van der Waals surface area contributed by atoms with E-state index >= 15 is 0 Å². The van der Waals surface area contributed by atoms with Gasteiger partial charge < -0.3 is 14.2 Å². The summed E-state index contributed by atoms with van der Waals surface area (Å²) in [7, 11) is 1.63. The number of amides is 2. The Kier molecular flexibility index (Phi) is 9.29. The lowest BCUT2D eigenvalue weighted by Gasteiger charge is -2.40. The predicted molar refractivity (Wildman–Crippen MR) is 146 cm³/mol. The molecule has 2 aliphatic carbocycles. The first-order valence-corrected chi connectivity index (χ1v) is 14.1. The van der Waals surface area contributed by atoms with Crippen LogP contribution in [0.1, 0.15) is 83.6 Å². The predicted octanol–water partition coefficient (Wildman–Crippen LogP) is 6.59. The van der Waals surface area contributed by atoms with Crippen LogP contribution in [-0.2, 0) is 25.5 Å².